The van der Waals surface area contributed by atoms with E-state index >= 15 is 0 Å². The van der Waals surface area contributed by atoms with Gasteiger partial charge in [-0.15, -0.1) is 0 Å². The molecule has 28 heavy (non-hydrogen) atoms. The second kappa shape index (κ2) is 6.45. The largest absolute Gasteiger partial charge is 0.312 e. The van der Waals surface area contributed by atoms with Gasteiger partial charge in [0.15, 0.2) is 11.0 Å². The number of carbonyl (C=O) groups excluding carboxylic acids is 1. The number of thioether (sulfide) groups is 1. The summed E-state index contributed by atoms with van der Waals surface area (Å²) in [6, 6.07) is 15.0. The number of hydrogen-bond donors (Lipinski definition) is 0. The molecule has 1 aliphatic carbocycles. The average molecular weight is 390 g/mol. The van der Waals surface area contributed by atoms with Crippen LogP contribution in [0.5, 0.6) is 0 Å². The summed E-state index contributed by atoms with van der Waals surface area (Å²) >= 11 is 1.44. The number of allylic oxidation sites excluding steroid dienone is 2. The predicted octanol–water partition coefficient (Wildman–Crippen LogP) is 5.46. The van der Waals surface area contributed by atoms with E-state index in [1.54, 1.807) is 6.92 Å². The summed E-state index contributed by atoms with van der Waals surface area (Å²) in [6.45, 7) is 3.57. The molecule has 0 fully saturated rings. The zero-order valence-electron chi connectivity index (χ0n) is 15.7. The van der Waals surface area contributed by atoms with E-state index in [-0.39, 0.29) is 17.6 Å². The molecule has 1 unspecified atom stereocenters. The molecular formula is C23H19FN2OS. The molecule has 5 heteroatoms. The molecule has 2 aromatic carbocycles. The van der Waals surface area contributed by atoms with Crippen molar-refractivity contribution >= 4 is 28.4 Å². The first-order valence-electron chi connectivity index (χ1n) is 9.39. The van der Waals surface area contributed by atoms with Crippen LogP contribution in [0.25, 0.3) is 5.70 Å². The van der Waals surface area contributed by atoms with Gasteiger partial charge in [-0.1, -0.05) is 36.4 Å². The first-order chi connectivity index (χ1) is 13.5. The molecule has 0 saturated heterocycles. The van der Waals surface area contributed by atoms with Gasteiger partial charge in [-0.25, -0.2) is 9.38 Å². The predicted molar refractivity (Wildman–Crippen MR) is 111 cm³/mol. The highest BCUT2D eigenvalue weighted by atomic mass is 32.2. The molecule has 0 N–H and O–H groups in total. The molecule has 1 atom stereocenters. The van der Waals surface area contributed by atoms with Crippen molar-refractivity contribution in [2.24, 2.45) is 4.99 Å². The van der Waals surface area contributed by atoms with Gasteiger partial charge >= 0.3 is 0 Å². The number of hydrogen-bond acceptors (Lipinski definition) is 4. The van der Waals surface area contributed by atoms with E-state index in [1.807, 2.05) is 25.1 Å². The van der Waals surface area contributed by atoms with Crippen LogP contribution in [0.2, 0.25) is 0 Å². The summed E-state index contributed by atoms with van der Waals surface area (Å²) in [5.74, 6) is -0.194. The van der Waals surface area contributed by atoms with Gasteiger partial charge in [0.25, 0.3) is 0 Å². The van der Waals surface area contributed by atoms with Crippen molar-refractivity contribution in [2.75, 3.05) is 0 Å². The van der Waals surface area contributed by atoms with Crippen LogP contribution in [-0.2, 0) is 11.2 Å². The number of amidine groups is 1. The number of fused-ring (bicyclic) bond motifs is 3. The van der Waals surface area contributed by atoms with Gasteiger partial charge in [-0.3, -0.25) is 4.79 Å². The number of benzene rings is 2. The molecule has 2 aromatic rings. The van der Waals surface area contributed by atoms with E-state index < -0.39 is 0 Å². The van der Waals surface area contributed by atoms with Gasteiger partial charge < -0.3 is 4.90 Å². The maximum absolute atomic E-state index is 13.6. The number of ketones is 1. The molecule has 0 aromatic heterocycles. The second-order valence-corrected chi connectivity index (χ2v) is 8.30. The number of halogens is 1. The Balaban J connectivity index is 1.73. The Hall–Kier alpha value is -2.66. The van der Waals surface area contributed by atoms with Gasteiger partial charge in [-0.05, 0) is 67.3 Å². The smallest absolute Gasteiger partial charge is 0.174 e. The number of rotatable bonds is 2. The highest BCUT2D eigenvalue weighted by Crippen LogP contribution is 2.51. The Morgan fingerprint density at radius 2 is 1.89 bits per heavy atom. The van der Waals surface area contributed by atoms with Crippen molar-refractivity contribution in [3.05, 3.63) is 87.2 Å². The minimum Gasteiger partial charge on any atom is -0.312 e. The molecule has 0 radical (unpaired) electrons. The van der Waals surface area contributed by atoms with E-state index in [0.29, 0.717) is 0 Å². The molecule has 2 heterocycles. The Morgan fingerprint density at radius 3 is 2.64 bits per heavy atom. The standard InChI is InChI=1S/C23H19FN2OS/c1-13-22(14(2)27)28-23-25-20-18-6-4-3-5-15(18)9-12-19(20)21(26(13)23)16-7-10-17(24)11-8-16/h3-8,10-11,21H,9,12H2,1-2H3. The normalized spacial score (nSPS) is 20.6. The highest BCUT2D eigenvalue weighted by molar-refractivity contribution is 8.18. The van der Waals surface area contributed by atoms with Crippen LogP contribution in [0.15, 0.2) is 69.7 Å². The molecule has 5 rings (SSSR count). The number of Topliss-reactive ketones (excluding diaryl/α,β-unsaturated/α-hetero) is 1. The Morgan fingerprint density at radius 1 is 1.14 bits per heavy atom. The van der Waals surface area contributed by atoms with Crippen LogP contribution >= 0.6 is 11.8 Å². The monoisotopic (exact) mass is 390 g/mol. The van der Waals surface area contributed by atoms with Crippen molar-refractivity contribution in [1.82, 2.24) is 4.90 Å². The number of nitrogens with zero attached hydrogens (tertiary/aromatic N) is 2. The quantitative estimate of drug-likeness (QED) is 0.682. The summed E-state index contributed by atoms with van der Waals surface area (Å²) in [7, 11) is 0. The van der Waals surface area contributed by atoms with Crippen molar-refractivity contribution < 1.29 is 9.18 Å². The average Bonchev–Trinajstić information content (AvgIpc) is 3.03. The van der Waals surface area contributed by atoms with Crippen LogP contribution in [0, 0.1) is 5.82 Å². The zero-order valence-corrected chi connectivity index (χ0v) is 16.5. The Labute approximate surface area is 167 Å². The lowest BCUT2D eigenvalue weighted by Gasteiger charge is -2.39. The minimum atomic E-state index is -0.246. The van der Waals surface area contributed by atoms with Crippen molar-refractivity contribution in [3.8, 4) is 0 Å². The molecule has 0 spiro atoms. The molecule has 2 aliphatic heterocycles. The SMILES string of the molecule is CC(=O)C1=C(C)N2C(=NC3=C(CCc4ccccc43)C2c2ccc(F)cc2)S1. The molecular weight excluding hydrogens is 371 g/mol. The maximum Gasteiger partial charge on any atom is 0.174 e. The lowest BCUT2D eigenvalue weighted by Crippen LogP contribution is -2.34. The third-order valence-electron chi connectivity index (χ3n) is 5.63. The molecule has 0 amide bonds. The van der Waals surface area contributed by atoms with Crippen LogP contribution < -0.4 is 0 Å². The van der Waals surface area contributed by atoms with Gasteiger partial charge in [0.1, 0.15) is 5.82 Å². The lowest BCUT2D eigenvalue weighted by molar-refractivity contribution is -0.113. The minimum absolute atomic E-state index is 0.0517. The van der Waals surface area contributed by atoms with E-state index in [4.69, 9.17) is 4.99 Å². The summed E-state index contributed by atoms with van der Waals surface area (Å²) in [6.07, 6.45) is 1.86. The Bertz CT molecular complexity index is 1100. The number of aryl methyl sites for hydroxylation is 1. The first-order valence-corrected chi connectivity index (χ1v) is 10.2. The summed E-state index contributed by atoms with van der Waals surface area (Å²) < 4.78 is 13.6. The van der Waals surface area contributed by atoms with Crippen LogP contribution in [-0.4, -0.2) is 15.9 Å². The molecule has 140 valence electrons. The number of carbonyl (C=O) groups is 1. The van der Waals surface area contributed by atoms with E-state index in [1.165, 1.54) is 35.0 Å². The topological polar surface area (TPSA) is 32.7 Å². The number of aliphatic imine (C=N–C) groups is 1. The van der Waals surface area contributed by atoms with Crippen LogP contribution in [0.4, 0.5) is 4.39 Å². The third kappa shape index (κ3) is 2.57. The lowest BCUT2D eigenvalue weighted by atomic mass is 9.82. The molecule has 0 saturated carbocycles. The van der Waals surface area contributed by atoms with Gasteiger partial charge in [0.05, 0.1) is 16.6 Å². The summed E-state index contributed by atoms with van der Waals surface area (Å²) in [5, 5.41) is 0.826. The van der Waals surface area contributed by atoms with Gasteiger partial charge in [0, 0.05) is 11.3 Å². The van der Waals surface area contributed by atoms with E-state index in [0.717, 1.165) is 45.4 Å². The molecule has 0 bridgehead atoms. The maximum atomic E-state index is 13.6. The highest BCUT2D eigenvalue weighted by Gasteiger charge is 2.41. The van der Waals surface area contributed by atoms with Crippen molar-refractivity contribution in [3.63, 3.8) is 0 Å². The summed E-state index contributed by atoms with van der Waals surface area (Å²) in [5.41, 5.74) is 6.65. The van der Waals surface area contributed by atoms with Gasteiger partial charge in [-0.2, -0.15) is 0 Å². The summed E-state index contributed by atoms with van der Waals surface area (Å²) in [4.78, 5) is 20.1. The fourth-order valence-electron chi connectivity index (χ4n) is 4.35. The van der Waals surface area contributed by atoms with Crippen LogP contribution in [0.3, 0.4) is 0 Å². The van der Waals surface area contributed by atoms with Crippen molar-refractivity contribution in [1.29, 1.82) is 0 Å². The van der Waals surface area contributed by atoms with Gasteiger partial charge in [0.2, 0.25) is 0 Å². The fraction of sp³-hybridized carbons (Fsp3) is 0.217. The first kappa shape index (κ1) is 17.4. The second-order valence-electron chi connectivity index (χ2n) is 7.32. The van der Waals surface area contributed by atoms with Crippen LogP contribution in [0.1, 0.15) is 43.0 Å². The zero-order chi connectivity index (χ0) is 19.4. The Kier molecular flexibility index (Phi) is 4.02. The van der Waals surface area contributed by atoms with E-state index in [2.05, 4.69) is 23.1 Å². The third-order valence-corrected chi connectivity index (χ3v) is 6.89. The molecule has 3 nitrogen and oxygen atoms in total. The molecule has 3 aliphatic rings. The van der Waals surface area contributed by atoms with Crippen molar-refractivity contribution in [2.45, 2.75) is 32.7 Å². The fourth-order valence-corrected chi connectivity index (χ4v) is 5.40. The van der Waals surface area contributed by atoms with E-state index in [9.17, 15) is 9.18 Å².